The second kappa shape index (κ2) is 24.7. The van der Waals surface area contributed by atoms with Crippen molar-refractivity contribution in [2.45, 2.75) is 158 Å². The largest absolute Gasteiger partial charge is 0.507 e. The van der Waals surface area contributed by atoms with Crippen molar-refractivity contribution in [1.29, 1.82) is 0 Å². The Bertz CT molecular complexity index is 3450. The average molecular weight is 1130 g/mol. The quantitative estimate of drug-likeness (QED) is 0.0603. The Hall–Kier alpha value is -6.80. The van der Waals surface area contributed by atoms with Gasteiger partial charge in [-0.15, -0.1) is 5.92 Å². The Kier molecular flexibility index (Phi) is 16.9. The zero-order valence-electron chi connectivity index (χ0n) is 48.9. The van der Waals surface area contributed by atoms with Gasteiger partial charge in [-0.05, 0) is 181 Å². The number of methoxy groups -OCH3 is 1. The molecule has 3 heterocycles. The van der Waals surface area contributed by atoms with Crippen LogP contribution in [-0.4, -0.2) is 87.1 Å². The molecule has 4 aromatic carbocycles. The summed E-state index contributed by atoms with van der Waals surface area (Å²) in [6.45, 7) is 3.70. The second-order valence-corrected chi connectivity index (χ2v) is 26.2. The maximum atomic E-state index is 15.5. The van der Waals surface area contributed by atoms with E-state index in [9.17, 15) is 30.3 Å². The van der Waals surface area contributed by atoms with Crippen molar-refractivity contribution in [1.82, 2.24) is 15.6 Å². The van der Waals surface area contributed by atoms with Gasteiger partial charge in [0.1, 0.15) is 11.6 Å². The van der Waals surface area contributed by atoms with Crippen LogP contribution in [0.4, 0.5) is 5.69 Å². The molecule has 3 saturated carbocycles. The lowest BCUT2D eigenvalue weighted by Crippen LogP contribution is -2.55. The monoisotopic (exact) mass is 1130 g/mol. The predicted molar refractivity (Wildman–Crippen MR) is 328 cm³/mol. The Balaban J connectivity index is 1.01. The molecule has 0 unspecified atom stereocenters. The lowest BCUT2D eigenvalue weighted by atomic mass is 9.51. The number of allylic oxidation sites excluding steroid dienone is 2. The van der Waals surface area contributed by atoms with Gasteiger partial charge in [0.2, 0.25) is 0 Å². The van der Waals surface area contributed by atoms with Crippen LogP contribution in [0.1, 0.15) is 155 Å². The van der Waals surface area contributed by atoms with Gasteiger partial charge in [-0.2, -0.15) is 0 Å². The number of aromatic nitrogens is 1. The van der Waals surface area contributed by atoms with Crippen LogP contribution < -0.4 is 20.7 Å². The smallest absolute Gasteiger partial charge is 0.173 e. The molecule has 2 spiro atoms. The fourth-order valence-corrected chi connectivity index (χ4v) is 16.4. The van der Waals surface area contributed by atoms with Gasteiger partial charge in [0.05, 0.1) is 30.7 Å². The minimum atomic E-state index is -1.86. The highest BCUT2D eigenvalue weighted by Gasteiger charge is 2.57. The van der Waals surface area contributed by atoms with E-state index in [1.165, 1.54) is 32.8 Å². The van der Waals surface area contributed by atoms with Crippen molar-refractivity contribution in [2.75, 3.05) is 32.1 Å². The Labute approximate surface area is 495 Å². The van der Waals surface area contributed by atoms with E-state index in [1.54, 1.807) is 12.1 Å². The van der Waals surface area contributed by atoms with Crippen LogP contribution in [0.25, 0.3) is 10.8 Å². The number of carbonyl (C=O) groups is 2. The van der Waals surface area contributed by atoms with Crippen LogP contribution in [0.3, 0.4) is 0 Å². The van der Waals surface area contributed by atoms with Crippen molar-refractivity contribution in [3.8, 4) is 40.9 Å². The van der Waals surface area contributed by atoms with Gasteiger partial charge in [0, 0.05) is 79.6 Å². The summed E-state index contributed by atoms with van der Waals surface area (Å²) in [5.41, 5.74) is 6.52. The van der Waals surface area contributed by atoms with E-state index in [4.69, 9.17) is 4.74 Å². The number of β-amino-alcohol motifs (C(OH)–C–C–N with tert-alkyl or cyclic N) is 1. The highest BCUT2D eigenvalue weighted by molar-refractivity contribution is 6.06. The number of H-pyrrole nitrogens is 1. The molecular weight excluding hydrogens is 1050 g/mol. The van der Waals surface area contributed by atoms with Crippen molar-refractivity contribution in [3.63, 3.8) is 0 Å². The maximum absolute atomic E-state index is 15.5. The number of aliphatic hydroxyl groups is 3. The van der Waals surface area contributed by atoms with E-state index >= 15 is 4.79 Å². The molecule has 5 aliphatic carbocycles. The number of aromatic amines is 1. The fourth-order valence-electron chi connectivity index (χ4n) is 16.4. The first-order valence-corrected chi connectivity index (χ1v) is 31.4. The minimum Gasteiger partial charge on any atom is -0.507 e. The normalized spacial score (nSPS) is 31.1. The minimum absolute atomic E-state index is 0.0287. The SMILES string of the molecule is COc1cc2c(cc1O)[C@@H](c1ccccc1)C#C[C@H]1C[C@H]3CC4=CCNC(=C4)Nc4ccc5ccc(c(O)c5c4)C[C@H](O)CNC[C@H](C)c4c[nH]c(c4)[C@@]45CCC6(CCCC6)C[C@@H]4C#CCCCC[C@@H]([C@H](C3)C[C@@H]1C(=O)[C@@H](O)C(=O)CC2)[C@H]5O. The molecule has 9 N–H and O–H groups in total. The van der Waals surface area contributed by atoms with Crippen LogP contribution in [0, 0.1) is 64.6 Å². The van der Waals surface area contributed by atoms with E-state index < -0.39 is 53.0 Å². The molecule has 440 valence electrons. The van der Waals surface area contributed by atoms with Gasteiger partial charge in [-0.25, -0.2) is 0 Å². The number of aliphatic hydroxyl groups excluding tert-OH is 3. The number of phenolic OH excluding ortho intramolecular Hbond substituents is 2. The number of benzene rings is 4. The molecular formula is C72H84N4O8. The molecule has 84 heavy (non-hydrogen) atoms. The number of aryl methyl sites for hydroxylation is 1. The lowest BCUT2D eigenvalue weighted by molar-refractivity contribution is -0.142. The lowest BCUT2D eigenvalue weighted by Gasteiger charge is -2.53. The number of anilines is 1. The number of ether oxygens (including phenoxy) is 1. The number of phenols is 2. The van der Waals surface area contributed by atoms with Crippen LogP contribution in [0.5, 0.6) is 17.2 Å². The van der Waals surface area contributed by atoms with Crippen LogP contribution in [-0.2, 0) is 27.8 Å². The summed E-state index contributed by atoms with van der Waals surface area (Å²) in [4.78, 5) is 33.8. The highest BCUT2D eigenvalue weighted by atomic mass is 16.5. The summed E-state index contributed by atoms with van der Waals surface area (Å²) in [7, 11) is 1.49. The molecule has 0 amide bonds. The number of rotatable bonds is 2. The van der Waals surface area contributed by atoms with E-state index in [-0.39, 0.29) is 71.5 Å². The molecule has 7 aliphatic rings. The molecule has 12 heteroatoms. The number of Topliss-reactive ketones (excluding diaryl/α,β-unsaturated/α-hetero) is 2. The topological polar surface area (TPSA) is 196 Å². The molecule has 11 bridgehead atoms. The van der Waals surface area contributed by atoms with E-state index in [0.29, 0.717) is 56.3 Å². The zero-order chi connectivity index (χ0) is 58.1. The van der Waals surface area contributed by atoms with Crippen molar-refractivity contribution >= 4 is 28.0 Å². The van der Waals surface area contributed by atoms with Gasteiger partial charge < -0.3 is 51.2 Å². The van der Waals surface area contributed by atoms with E-state index in [0.717, 1.165) is 95.4 Å². The number of aromatic hydroxyl groups is 2. The van der Waals surface area contributed by atoms with Crippen LogP contribution >= 0.6 is 0 Å². The molecule has 3 fully saturated rings. The number of carbonyl (C=O) groups excluding carboxylic acids is 2. The number of hydrogen-bond acceptors (Lipinski definition) is 11. The molecule has 2 aliphatic heterocycles. The first-order chi connectivity index (χ1) is 40.8. The maximum Gasteiger partial charge on any atom is 0.173 e. The number of dihydropyridines is 1. The number of nitrogens with one attached hydrogen (secondary N) is 4. The number of hydrogen-bond donors (Lipinski definition) is 9. The second-order valence-electron chi connectivity index (χ2n) is 26.2. The van der Waals surface area contributed by atoms with Gasteiger partial charge in [0.15, 0.2) is 29.2 Å². The number of ketones is 2. The van der Waals surface area contributed by atoms with Gasteiger partial charge in [-0.3, -0.25) is 9.59 Å². The standard InChI is InChI=1S/C72H84N4O8/c1-44-41-73-43-56(77)34-51-17-16-48-18-21-55(38-61(48)67(51)80)76-66-33-45(24-29-74-66)30-46-31-49-19-22-57(47-12-6-5-7-13-47)59-39-63(79)64(84-2)36-50(59)20-23-62(78)69(82)68(81)60(49)35-52(32-46)58-15-9-4-3-8-14-54-40-71(25-10-11-26-71)27-28-72(54,70(58)83)65-37-53(44)42-75-65/h5-7,12-13,16-18,21,24,33,36-39,42,44,46,49,52,54,56-58,60,69-70,73-77,79-80,82-83H,3-4,9-11,15,20,23,25-32,34-35,40-41,43H2,1-2H3/t44-,46+,49-,52+,54-,56-,57+,58-,60-,69-,70+,72+/m0/s1. The first kappa shape index (κ1) is 57.6. The van der Waals surface area contributed by atoms with Crippen molar-refractivity contribution in [3.05, 3.63) is 142 Å². The Morgan fingerprint density at radius 3 is 2.45 bits per heavy atom. The van der Waals surface area contributed by atoms with E-state index in [1.807, 2.05) is 60.7 Å². The summed E-state index contributed by atoms with van der Waals surface area (Å²) < 4.78 is 5.58. The fraction of sp³-hybridized carbons (Fsp3) is 0.500. The van der Waals surface area contributed by atoms with E-state index in [2.05, 4.69) is 76.0 Å². The third kappa shape index (κ3) is 11.7. The van der Waals surface area contributed by atoms with Gasteiger partial charge >= 0.3 is 0 Å². The third-order valence-electron chi connectivity index (χ3n) is 21.0. The van der Waals surface area contributed by atoms with Crippen LogP contribution in [0.2, 0.25) is 0 Å². The van der Waals surface area contributed by atoms with Crippen molar-refractivity contribution in [2.24, 2.45) is 40.9 Å². The summed E-state index contributed by atoms with van der Waals surface area (Å²) in [5.74, 6) is 12.7. The molecule has 0 saturated heterocycles. The summed E-state index contributed by atoms with van der Waals surface area (Å²) in [6.07, 6.45) is 16.4. The number of fused-ring (bicyclic) bond motifs is 11. The first-order valence-electron chi connectivity index (χ1n) is 31.4. The molecule has 12 nitrogen and oxygen atoms in total. The van der Waals surface area contributed by atoms with Gasteiger partial charge in [0.25, 0.3) is 0 Å². The van der Waals surface area contributed by atoms with Crippen LogP contribution in [0.15, 0.2) is 109 Å². The Morgan fingerprint density at radius 2 is 1.62 bits per heavy atom. The zero-order valence-corrected chi connectivity index (χ0v) is 48.9. The summed E-state index contributed by atoms with van der Waals surface area (Å²) >= 11 is 0. The molecule has 12 rings (SSSR count). The molecule has 1 aromatic heterocycles. The molecule has 5 aromatic rings. The summed E-state index contributed by atoms with van der Waals surface area (Å²) in [5, 5.41) is 73.1. The van der Waals surface area contributed by atoms with Crippen molar-refractivity contribution < 1.29 is 39.9 Å². The summed E-state index contributed by atoms with van der Waals surface area (Å²) in [6, 6.07) is 25.5. The molecule has 12 atom stereocenters. The average Bonchev–Trinajstić information content (AvgIpc) is 1.55. The Morgan fingerprint density at radius 1 is 0.786 bits per heavy atom. The predicted octanol–water partition coefficient (Wildman–Crippen LogP) is 11.2. The van der Waals surface area contributed by atoms with Gasteiger partial charge in [-0.1, -0.05) is 98.6 Å². The molecule has 0 radical (unpaired) electrons. The highest BCUT2D eigenvalue weighted by Crippen LogP contribution is 2.60. The third-order valence-corrected chi connectivity index (χ3v) is 21.0.